The van der Waals surface area contributed by atoms with Crippen LogP contribution >= 0.6 is 11.6 Å². The normalized spacial score (nSPS) is 10.9. The first-order valence-corrected chi connectivity index (χ1v) is 45.3. The number of nitrogens with two attached hydrogens (primary N) is 1. The second kappa shape index (κ2) is 50.4. The Balaban J connectivity index is 0.000000194. The van der Waals surface area contributed by atoms with Crippen molar-refractivity contribution in [1.82, 2.24) is 19.9 Å². The van der Waals surface area contributed by atoms with Gasteiger partial charge in [0.1, 0.15) is 11.0 Å². The summed E-state index contributed by atoms with van der Waals surface area (Å²) in [4.78, 5) is 124. The first-order chi connectivity index (χ1) is 62.1. The van der Waals surface area contributed by atoms with Crippen LogP contribution < -0.4 is 30.1 Å². The minimum absolute atomic E-state index is 0.0780. The van der Waals surface area contributed by atoms with E-state index >= 15 is 0 Å². The number of halogens is 1. The molecule has 0 saturated carbocycles. The maximum absolute atomic E-state index is 12.7. The molecule has 0 bridgehead atoms. The maximum atomic E-state index is 12.7. The van der Waals surface area contributed by atoms with Crippen LogP contribution in [0.1, 0.15) is 204 Å². The van der Waals surface area contributed by atoms with Gasteiger partial charge in [0, 0.05) is 159 Å². The smallest absolute Gasteiger partial charge is 0.226 e. The molecule has 0 radical (unpaired) electrons. The molecule has 2 N–H and O–H groups in total. The van der Waals surface area contributed by atoms with Gasteiger partial charge in [0.25, 0.3) is 0 Å². The lowest BCUT2D eigenvalue weighted by Crippen LogP contribution is -2.33. The molecule has 0 aliphatic rings. The summed E-state index contributed by atoms with van der Waals surface area (Å²) in [5.74, 6) is 3.52. The fourth-order valence-electron chi connectivity index (χ4n) is 14.7. The van der Waals surface area contributed by atoms with Crippen molar-refractivity contribution in [2.75, 3.05) is 58.6 Å². The Morgan fingerprint density at radius 2 is 0.589 bits per heavy atom. The van der Waals surface area contributed by atoms with Crippen LogP contribution in [0, 0.1) is 30.6 Å². The third-order valence-corrected chi connectivity index (χ3v) is 22.1. The number of Topliss-reactive ketones (excluding diaryl/α,β-unsaturated/α-hetero) is 4. The Morgan fingerprint density at radius 3 is 0.860 bits per heavy atom. The molecule has 0 spiro atoms. The van der Waals surface area contributed by atoms with Crippen molar-refractivity contribution in [2.45, 2.75) is 167 Å². The van der Waals surface area contributed by atoms with Crippen LogP contribution in [0.25, 0.3) is 44.5 Å². The SMILES string of the molecule is CCC(=O)N(CC(C)C)c1ccc(-c2ccc(C(=O)CCc3ccc(C)nc3)cc2)cc1.CCC(=O)N(CC(C)C)c1ccc(-c2ccc(C(=O)CCc3cccnc3Cl)cc2)cc1.CCC(=O)N(CC(C)C)c1ccc(-c2ccc(C(=O)CCc3cccnc3N)cc2)cc1.CCC(=O)N(CC(C)C)c1ccc(-c2ccc(C(=O)CCc3cccnc3OC)cc2)cc1. The number of carbonyl (C=O) groups excluding carboxylic acids is 8. The molecule has 0 aliphatic heterocycles. The van der Waals surface area contributed by atoms with Crippen molar-refractivity contribution in [3.63, 3.8) is 0 Å². The van der Waals surface area contributed by atoms with Crippen LogP contribution in [0.15, 0.2) is 267 Å². The highest BCUT2D eigenvalue weighted by Gasteiger charge is 2.22. The van der Waals surface area contributed by atoms with Crippen LogP contribution in [0.4, 0.5) is 28.6 Å². The third kappa shape index (κ3) is 30.2. The molecule has 670 valence electrons. The number of carbonyl (C=O) groups is 8. The van der Waals surface area contributed by atoms with Gasteiger partial charge in [0.05, 0.1) is 7.11 Å². The second-order valence-corrected chi connectivity index (χ2v) is 34.0. The number of amides is 4. The standard InChI is InChI=1S/C28H32N2O3.C28H32N2O2.C27H29ClN2O2.C27H31N3O2/c1-5-27(32)30(19-20(2)3)25-15-12-22(13-16-25)21-8-10-23(11-9-21)26(31)17-14-24-7-6-18-29-28(24)33-4;1-5-28(32)30(19-20(2)3)26-15-13-24(14-16-26)23-9-11-25(12-10-23)27(31)17-8-22-7-6-21(4)29-18-22;2*1-4-26(32)30(18-19(2)3)24-14-11-21(12-15-24)20-7-9-22(10-8-20)25(31)16-13-23-6-5-17-29-27(23)28/h6-13,15-16,18,20H,5,14,17,19H2,1-4H3;6-7,9-16,18,20H,5,8,17,19H2,1-4H3;5-12,14-15,17,19H,4,13,16,18H2,1-3H3;5-12,14-15,17,19H,4,13,16,18H2,1-3H3,(H2,28,29). The Kier molecular flexibility index (Phi) is 38.9. The van der Waals surface area contributed by atoms with Crippen molar-refractivity contribution < 1.29 is 43.1 Å². The van der Waals surface area contributed by atoms with E-state index in [-0.39, 0.29) is 46.8 Å². The van der Waals surface area contributed by atoms with Gasteiger partial charge in [0.15, 0.2) is 23.1 Å². The number of nitrogens with zero attached hydrogens (tertiary/aromatic N) is 8. The molecule has 0 atom stereocenters. The van der Waals surface area contributed by atoms with Crippen LogP contribution in [-0.4, -0.2) is 100.0 Å². The van der Waals surface area contributed by atoms with E-state index in [1.807, 2.05) is 303 Å². The number of ether oxygens (including phenoxy) is 1. The summed E-state index contributed by atoms with van der Waals surface area (Å²) in [6.45, 7) is 29.2. The molecular weight excluding hydrogens is 1630 g/mol. The van der Waals surface area contributed by atoms with E-state index in [0.717, 1.165) is 101 Å². The highest BCUT2D eigenvalue weighted by molar-refractivity contribution is 6.30. The average molecular weight is 1750 g/mol. The van der Waals surface area contributed by atoms with Crippen molar-refractivity contribution in [2.24, 2.45) is 23.7 Å². The molecule has 4 heterocycles. The van der Waals surface area contributed by atoms with Gasteiger partial charge in [0.2, 0.25) is 29.5 Å². The first kappa shape index (κ1) is 99.6. The number of ketones is 4. The highest BCUT2D eigenvalue weighted by atomic mass is 35.5. The second-order valence-electron chi connectivity index (χ2n) is 33.7. The fourth-order valence-corrected chi connectivity index (χ4v) is 14.9. The van der Waals surface area contributed by atoms with Gasteiger partial charge < -0.3 is 30.1 Å². The van der Waals surface area contributed by atoms with Crippen molar-refractivity contribution in [3.8, 4) is 50.4 Å². The van der Waals surface area contributed by atoms with Crippen molar-refractivity contribution >= 4 is 86.9 Å². The zero-order chi connectivity index (χ0) is 93.1. The minimum Gasteiger partial charge on any atom is -0.481 e. The highest BCUT2D eigenvalue weighted by Crippen LogP contribution is 2.32. The Hall–Kier alpha value is -13.2. The summed E-state index contributed by atoms with van der Waals surface area (Å²) in [5, 5.41) is 0.451. The number of hydrogen-bond donors (Lipinski definition) is 1. The molecule has 8 aromatic carbocycles. The number of methoxy groups -OCH3 is 1. The lowest BCUT2D eigenvalue weighted by atomic mass is 9.99. The van der Waals surface area contributed by atoms with Gasteiger partial charge in [-0.25, -0.2) is 15.0 Å². The largest absolute Gasteiger partial charge is 0.481 e. The van der Waals surface area contributed by atoms with Crippen molar-refractivity contribution in [3.05, 3.63) is 323 Å². The van der Waals surface area contributed by atoms with Crippen LogP contribution in [0.5, 0.6) is 5.88 Å². The lowest BCUT2D eigenvalue weighted by Gasteiger charge is -2.24. The average Bonchev–Trinajstić information content (AvgIpc) is 0.836. The van der Waals surface area contributed by atoms with E-state index in [0.29, 0.717) is 160 Å². The number of anilines is 5. The Labute approximate surface area is 767 Å². The zero-order valence-corrected chi connectivity index (χ0v) is 78.0. The van der Waals surface area contributed by atoms with Gasteiger partial charge in [-0.3, -0.25) is 43.3 Å². The lowest BCUT2D eigenvalue weighted by molar-refractivity contribution is -0.119. The molecule has 129 heavy (non-hydrogen) atoms. The van der Waals surface area contributed by atoms with E-state index in [2.05, 4.69) is 75.3 Å². The van der Waals surface area contributed by atoms with Crippen molar-refractivity contribution in [1.29, 1.82) is 0 Å². The molecule has 12 aromatic rings. The molecule has 4 amide bonds. The predicted molar refractivity (Wildman–Crippen MR) is 526 cm³/mol. The molecule has 19 heteroatoms. The number of aromatic nitrogens is 4. The summed E-state index contributed by atoms with van der Waals surface area (Å²) in [6.07, 6.45) is 12.8. The minimum atomic E-state index is 0.0780. The number of benzene rings is 8. The van der Waals surface area contributed by atoms with Gasteiger partial charge in [-0.05, 0) is 190 Å². The molecule has 12 rings (SSSR count). The monoisotopic (exact) mass is 1750 g/mol. The van der Waals surface area contributed by atoms with E-state index in [4.69, 9.17) is 22.1 Å². The third-order valence-electron chi connectivity index (χ3n) is 21.8. The first-order valence-electron chi connectivity index (χ1n) is 44.9. The van der Waals surface area contributed by atoms with E-state index in [1.165, 1.54) is 0 Å². The van der Waals surface area contributed by atoms with E-state index in [9.17, 15) is 38.4 Å². The van der Waals surface area contributed by atoms with Gasteiger partial charge in [-0.2, -0.15) is 0 Å². The van der Waals surface area contributed by atoms with Gasteiger partial charge in [-0.15, -0.1) is 0 Å². The number of aryl methyl sites for hydroxylation is 5. The van der Waals surface area contributed by atoms with Gasteiger partial charge >= 0.3 is 0 Å². The predicted octanol–water partition coefficient (Wildman–Crippen LogP) is 24.4. The summed E-state index contributed by atoms with van der Waals surface area (Å²) in [5.41, 5.74) is 25.4. The quantitative estimate of drug-likeness (QED) is 0.0282. The number of nitrogen functional groups attached to an aromatic ring is 1. The topological polar surface area (TPSA) is 236 Å². The Bertz CT molecular complexity index is 5450. The molecule has 4 aromatic heterocycles. The summed E-state index contributed by atoms with van der Waals surface area (Å²) >= 11 is 6.08. The van der Waals surface area contributed by atoms with Crippen LogP contribution in [-0.2, 0) is 44.9 Å². The van der Waals surface area contributed by atoms with Crippen LogP contribution in [0.3, 0.4) is 0 Å². The number of rotatable bonds is 37. The zero-order valence-electron chi connectivity index (χ0n) is 77.2. The summed E-state index contributed by atoms with van der Waals surface area (Å²) in [7, 11) is 1.59. The summed E-state index contributed by atoms with van der Waals surface area (Å²) in [6, 6.07) is 78.1. The van der Waals surface area contributed by atoms with Crippen LogP contribution in [0.2, 0.25) is 5.15 Å². The fraction of sp³-hybridized carbons (Fsp3) is 0.309. The molecule has 18 nitrogen and oxygen atoms in total. The summed E-state index contributed by atoms with van der Waals surface area (Å²) < 4.78 is 5.27. The molecule has 0 unspecified atom stereocenters. The number of pyridine rings is 4. The van der Waals surface area contributed by atoms with E-state index in [1.54, 1.807) is 25.7 Å². The number of hydrogen-bond acceptors (Lipinski definition) is 14. The molecule has 0 saturated heterocycles. The van der Waals surface area contributed by atoms with Gasteiger partial charge in [-0.1, -0.05) is 265 Å². The Morgan fingerprint density at radius 1 is 0.326 bits per heavy atom. The molecule has 0 aliphatic carbocycles. The molecule has 0 fully saturated rings. The maximum Gasteiger partial charge on any atom is 0.226 e. The molecular formula is C110H124ClN9O9. The van der Waals surface area contributed by atoms with E-state index < -0.39 is 0 Å².